The summed E-state index contributed by atoms with van der Waals surface area (Å²) in [4.78, 5) is 12.4. The maximum Gasteiger partial charge on any atom is 0.233 e. The molecule has 0 saturated carbocycles. The Balaban J connectivity index is 1.79. The van der Waals surface area contributed by atoms with Crippen LogP contribution in [0.15, 0.2) is 46.9 Å². The minimum atomic E-state index is -0.129. The molecule has 1 atom stereocenters. The van der Waals surface area contributed by atoms with E-state index in [2.05, 4.69) is 26.6 Å². The lowest BCUT2D eigenvalue weighted by Gasteiger charge is -2.12. The van der Waals surface area contributed by atoms with Crippen LogP contribution in [0.1, 0.15) is 17.0 Å². The summed E-state index contributed by atoms with van der Waals surface area (Å²) in [6.45, 7) is 2.66. The molecule has 2 aromatic rings. The van der Waals surface area contributed by atoms with Crippen LogP contribution in [0.2, 0.25) is 0 Å². The maximum absolute atomic E-state index is 12.4. The van der Waals surface area contributed by atoms with Gasteiger partial charge < -0.3 is 10.6 Å². The molecule has 0 spiro atoms. The second-order valence-corrected chi connectivity index (χ2v) is 5.83. The van der Waals surface area contributed by atoms with E-state index in [1.54, 1.807) is 0 Å². The molecule has 0 radical (unpaired) electrons. The quantitative estimate of drug-likeness (QED) is 0.876. The van der Waals surface area contributed by atoms with Crippen LogP contribution in [0, 0.1) is 6.92 Å². The van der Waals surface area contributed by atoms with Crippen molar-refractivity contribution in [3.05, 3.63) is 58.1 Å². The Bertz CT molecular complexity index is 669. The van der Waals surface area contributed by atoms with Crippen LogP contribution in [0.25, 0.3) is 0 Å². The van der Waals surface area contributed by atoms with Crippen molar-refractivity contribution in [2.24, 2.45) is 0 Å². The van der Waals surface area contributed by atoms with Crippen LogP contribution in [0.3, 0.4) is 0 Å². The third kappa shape index (κ3) is 2.43. The van der Waals surface area contributed by atoms with E-state index < -0.39 is 0 Å². The minimum Gasteiger partial charge on any atom is -0.384 e. The van der Waals surface area contributed by atoms with Gasteiger partial charge in [0.2, 0.25) is 5.91 Å². The number of benzene rings is 2. The molecule has 102 valence electrons. The van der Waals surface area contributed by atoms with Gasteiger partial charge >= 0.3 is 0 Å². The van der Waals surface area contributed by atoms with E-state index in [4.69, 9.17) is 0 Å². The number of halogens is 1. The molecule has 3 rings (SSSR count). The van der Waals surface area contributed by atoms with Crippen LogP contribution in [0.4, 0.5) is 11.4 Å². The summed E-state index contributed by atoms with van der Waals surface area (Å²) >= 11 is 3.46. The molecule has 2 aromatic carbocycles. The zero-order chi connectivity index (χ0) is 14.1. The fraction of sp³-hybridized carbons (Fsp3) is 0.188. The summed E-state index contributed by atoms with van der Waals surface area (Å²) in [6.07, 6.45) is 0. The third-order valence-electron chi connectivity index (χ3n) is 3.57. The van der Waals surface area contributed by atoms with Crippen molar-refractivity contribution in [1.82, 2.24) is 0 Å². The molecule has 20 heavy (non-hydrogen) atoms. The molecule has 1 heterocycles. The first-order valence-corrected chi connectivity index (χ1v) is 7.34. The Morgan fingerprint density at radius 1 is 1.30 bits per heavy atom. The second kappa shape index (κ2) is 5.29. The molecule has 0 saturated heterocycles. The van der Waals surface area contributed by atoms with Gasteiger partial charge in [-0.3, -0.25) is 4.79 Å². The smallest absolute Gasteiger partial charge is 0.233 e. The number of rotatable bonds is 2. The maximum atomic E-state index is 12.4. The SMILES string of the molecule is Cc1cc(NC(=O)C2CNc3ccccc32)ccc1Br. The molecule has 0 bridgehead atoms. The number of carbonyl (C=O) groups excluding carboxylic acids is 1. The lowest BCUT2D eigenvalue weighted by molar-refractivity contribution is -0.117. The lowest BCUT2D eigenvalue weighted by Crippen LogP contribution is -2.22. The zero-order valence-electron chi connectivity index (χ0n) is 11.1. The predicted octanol–water partition coefficient (Wildman–Crippen LogP) is 3.91. The van der Waals surface area contributed by atoms with E-state index in [-0.39, 0.29) is 11.8 Å². The summed E-state index contributed by atoms with van der Waals surface area (Å²) in [5.74, 6) is -0.0978. The standard InChI is InChI=1S/C16H15BrN2O/c1-10-8-11(6-7-14(10)17)19-16(20)13-9-18-15-5-3-2-4-12(13)15/h2-8,13,18H,9H2,1H3,(H,19,20). The number of carbonyl (C=O) groups is 1. The molecule has 4 heteroatoms. The second-order valence-electron chi connectivity index (χ2n) is 4.97. The van der Waals surface area contributed by atoms with Gasteiger partial charge in [-0.1, -0.05) is 34.1 Å². The van der Waals surface area contributed by atoms with Gasteiger partial charge in [0.15, 0.2) is 0 Å². The van der Waals surface area contributed by atoms with Gasteiger partial charge in [-0.25, -0.2) is 0 Å². The van der Waals surface area contributed by atoms with Gasteiger partial charge in [0.1, 0.15) is 0 Å². The van der Waals surface area contributed by atoms with E-state index >= 15 is 0 Å². The van der Waals surface area contributed by atoms with Crippen LogP contribution in [0.5, 0.6) is 0 Å². The molecular formula is C16H15BrN2O. The van der Waals surface area contributed by atoms with E-state index in [1.165, 1.54) is 0 Å². The first kappa shape index (κ1) is 13.2. The molecule has 2 N–H and O–H groups in total. The van der Waals surface area contributed by atoms with Gasteiger partial charge in [-0.15, -0.1) is 0 Å². The normalized spacial score (nSPS) is 16.4. The number of amides is 1. The van der Waals surface area contributed by atoms with Crippen molar-refractivity contribution in [2.75, 3.05) is 17.2 Å². The third-order valence-corrected chi connectivity index (χ3v) is 4.46. The van der Waals surface area contributed by atoms with Gasteiger partial charge in [0, 0.05) is 22.4 Å². The Kier molecular flexibility index (Phi) is 3.49. The van der Waals surface area contributed by atoms with Crippen LogP contribution in [-0.2, 0) is 4.79 Å². The minimum absolute atomic E-state index is 0.0316. The number of aryl methyl sites for hydroxylation is 1. The lowest BCUT2D eigenvalue weighted by atomic mass is 10.0. The summed E-state index contributed by atoms with van der Waals surface area (Å²) in [7, 11) is 0. The van der Waals surface area contributed by atoms with Crippen molar-refractivity contribution in [3.63, 3.8) is 0 Å². The number of nitrogens with one attached hydrogen (secondary N) is 2. The number of hydrogen-bond acceptors (Lipinski definition) is 2. The summed E-state index contributed by atoms with van der Waals surface area (Å²) in [5, 5.41) is 6.26. The van der Waals surface area contributed by atoms with E-state index in [1.807, 2.05) is 49.4 Å². The molecule has 1 unspecified atom stereocenters. The highest BCUT2D eigenvalue weighted by Gasteiger charge is 2.28. The molecule has 0 aromatic heterocycles. The fourth-order valence-electron chi connectivity index (χ4n) is 2.47. The van der Waals surface area contributed by atoms with Gasteiger partial charge in [0.05, 0.1) is 5.92 Å². The van der Waals surface area contributed by atoms with E-state index in [0.717, 1.165) is 27.0 Å². The Morgan fingerprint density at radius 2 is 2.10 bits per heavy atom. The fourth-order valence-corrected chi connectivity index (χ4v) is 2.72. The van der Waals surface area contributed by atoms with Crippen molar-refractivity contribution in [2.45, 2.75) is 12.8 Å². The van der Waals surface area contributed by atoms with E-state index in [0.29, 0.717) is 6.54 Å². The number of anilines is 2. The number of hydrogen-bond donors (Lipinski definition) is 2. The largest absolute Gasteiger partial charge is 0.384 e. The van der Waals surface area contributed by atoms with Crippen molar-refractivity contribution in [3.8, 4) is 0 Å². The van der Waals surface area contributed by atoms with Gasteiger partial charge in [-0.05, 0) is 42.3 Å². The first-order valence-electron chi connectivity index (χ1n) is 6.55. The Hall–Kier alpha value is -1.81. The number of para-hydroxylation sites is 1. The molecule has 0 aliphatic carbocycles. The predicted molar refractivity (Wildman–Crippen MR) is 85.2 cm³/mol. The molecule has 0 fully saturated rings. The topological polar surface area (TPSA) is 41.1 Å². The monoisotopic (exact) mass is 330 g/mol. The van der Waals surface area contributed by atoms with Crippen LogP contribution >= 0.6 is 15.9 Å². The highest BCUT2D eigenvalue weighted by molar-refractivity contribution is 9.10. The van der Waals surface area contributed by atoms with Gasteiger partial charge in [0.25, 0.3) is 0 Å². The first-order chi connectivity index (χ1) is 9.65. The van der Waals surface area contributed by atoms with E-state index in [9.17, 15) is 4.79 Å². The van der Waals surface area contributed by atoms with Crippen LogP contribution < -0.4 is 10.6 Å². The average Bonchev–Trinajstić information content (AvgIpc) is 2.87. The molecule has 1 amide bonds. The van der Waals surface area contributed by atoms with Crippen molar-refractivity contribution >= 4 is 33.2 Å². The zero-order valence-corrected chi connectivity index (χ0v) is 12.7. The highest BCUT2D eigenvalue weighted by atomic mass is 79.9. The van der Waals surface area contributed by atoms with Crippen molar-refractivity contribution in [1.29, 1.82) is 0 Å². The number of fused-ring (bicyclic) bond motifs is 1. The molecular weight excluding hydrogens is 316 g/mol. The summed E-state index contributed by atoms with van der Waals surface area (Å²) in [6, 6.07) is 13.8. The molecule has 1 aliphatic heterocycles. The molecule has 3 nitrogen and oxygen atoms in total. The Morgan fingerprint density at radius 3 is 2.90 bits per heavy atom. The van der Waals surface area contributed by atoms with Gasteiger partial charge in [-0.2, -0.15) is 0 Å². The van der Waals surface area contributed by atoms with Crippen LogP contribution in [-0.4, -0.2) is 12.5 Å². The summed E-state index contributed by atoms with van der Waals surface area (Å²) < 4.78 is 1.04. The highest BCUT2D eigenvalue weighted by Crippen LogP contribution is 2.32. The van der Waals surface area contributed by atoms with Crippen molar-refractivity contribution < 1.29 is 4.79 Å². The molecule has 1 aliphatic rings. The average molecular weight is 331 g/mol. The Labute approximate surface area is 126 Å². The summed E-state index contributed by atoms with van der Waals surface area (Å²) in [5.41, 5.74) is 4.06.